The standard InChI is InChI=1S/C21H22Cl2N4O3/c1-13-25-20(27-30-13)21(9-3-2-4-10-21)26-18(28)7-8-19-24-12-17(29-19)15-6-5-14(22)11-16(15)23/h5-6,11-12H,2-4,7-10H2,1H3,(H,26,28). The second-order valence-corrected chi connectivity index (χ2v) is 8.41. The van der Waals surface area contributed by atoms with Crippen molar-refractivity contribution in [3.63, 3.8) is 0 Å². The van der Waals surface area contributed by atoms with Crippen molar-refractivity contribution < 1.29 is 13.7 Å². The lowest BCUT2D eigenvalue weighted by molar-refractivity contribution is -0.123. The van der Waals surface area contributed by atoms with Gasteiger partial charge in [-0.05, 0) is 31.0 Å². The maximum absolute atomic E-state index is 12.7. The van der Waals surface area contributed by atoms with Crippen molar-refractivity contribution in [2.75, 3.05) is 0 Å². The summed E-state index contributed by atoms with van der Waals surface area (Å²) in [7, 11) is 0. The smallest absolute Gasteiger partial charge is 0.223 e. The van der Waals surface area contributed by atoms with Crippen LogP contribution in [0.15, 0.2) is 33.3 Å². The van der Waals surface area contributed by atoms with Crippen LogP contribution < -0.4 is 5.32 Å². The summed E-state index contributed by atoms with van der Waals surface area (Å²) < 4.78 is 10.9. The molecule has 1 fully saturated rings. The van der Waals surface area contributed by atoms with Crippen LogP contribution in [0.25, 0.3) is 11.3 Å². The zero-order chi connectivity index (χ0) is 21.1. The molecule has 0 bridgehead atoms. The largest absolute Gasteiger partial charge is 0.441 e. The zero-order valence-electron chi connectivity index (χ0n) is 16.6. The van der Waals surface area contributed by atoms with Crippen LogP contribution in [0.2, 0.25) is 10.0 Å². The molecule has 0 spiro atoms. The Kier molecular flexibility index (Phi) is 6.11. The van der Waals surface area contributed by atoms with Gasteiger partial charge in [-0.15, -0.1) is 0 Å². The van der Waals surface area contributed by atoms with Crippen molar-refractivity contribution >= 4 is 29.1 Å². The summed E-state index contributed by atoms with van der Waals surface area (Å²) in [6.45, 7) is 1.75. The van der Waals surface area contributed by atoms with Crippen LogP contribution >= 0.6 is 23.2 Å². The molecule has 2 heterocycles. The van der Waals surface area contributed by atoms with Gasteiger partial charge in [0.15, 0.2) is 17.5 Å². The van der Waals surface area contributed by atoms with Gasteiger partial charge in [-0.2, -0.15) is 4.98 Å². The first-order chi connectivity index (χ1) is 14.4. The Morgan fingerprint density at radius 2 is 2.03 bits per heavy atom. The number of aromatic nitrogens is 3. The normalized spacial score (nSPS) is 15.8. The third-order valence-electron chi connectivity index (χ3n) is 5.36. The van der Waals surface area contributed by atoms with Gasteiger partial charge in [-0.3, -0.25) is 4.79 Å². The van der Waals surface area contributed by atoms with Crippen LogP contribution in [0, 0.1) is 6.92 Å². The quantitative estimate of drug-likeness (QED) is 0.553. The van der Waals surface area contributed by atoms with Crippen LogP contribution in [0.5, 0.6) is 0 Å². The number of carbonyl (C=O) groups excluding carboxylic acids is 1. The van der Waals surface area contributed by atoms with Crippen LogP contribution in [-0.4, -0.2) is 21.0 Å². The summed E-state index contributed by atoms with van der Waals surface area (Å²) in [5, 5.41) is 8.27. The van der Waals surface area contributed by atoms with E-state index in [1.54, 1.807) is 31.3 Å². The van der Waals surface area contributed by atoms with Crippen molar-refractivity contribution in [2.45, 2.75) is 57.4 Å². The van der Waals surface area contributed by atoms with Crippen LogP contribution in [-0.2, 0) is 16.8 Å². The van der Waals surface area contributed by atoms with E-state index in [4.69, 9.17) is 32.1 Å². The van der Waals surface area contributed by atoms with Crippen molar-refractivity contribution in [2.24, 2.45) is 0 Å². The van der Waals surface area contributed by atoms with E-state index in [-0.39, 0.29) is 12.3 Å². The molecule has 2 aromatic heterocycles. The summed E-state index contributed by atoms with van der Waals surface area (Å²) in [5.74, 6) is 1.97. The van der Waals surface area contributed by atoms with E-state index < -0.39 is 5.54 Å². The molecule has 1 aliphatic rings. The molecule has 0 unspecified atom stereocenters. The Balaban J connectivity index is 1.41. The molecule has 1 saturated carbocycles. The van der Waals surface area contributed by atoms with E-state index in [0.29, 0.717) is 45.4 Å². The first-order valence-corrected chi connectivity index (χ1v) is 10.7. The number of benzene rings is 1. The van der Waals surface area contributed by atoms with Crippen molar-refractivity contribution in [3.05, 3.63) is 52.0 Å². The number of hydrogen-bond donors (Lipinski definition) is 1. The Bertz CT molecular complexity index is 1040. The summed E-state index contributed by atoms with van der Waals surface area (Å²) in [5.41, 5.74) is 0.143. The highest BCUT2D eigenvalue weighted by Crippen LogP contribution is 2.36. The van der Waals surface area contributed by atoms with Gasteiger partial charge < -0.3 is 14.3 Å². The minimum atomic E-state index is -0.564. The molecule has 0 atom stereocenters. The highest BCUT2D eigenvalue weighted by Gasteiger charge is 2.39. The summed E-state index contributed by atoms with van der Waals surface area (Å²) in [4.78, 5) is 21.4. The lowest BCUT2D eigenvalue weighted by Gasteiger charge is -2.35. The second-order valence-electron chi connectivity index (χ2n) is 7.57. The Morgan fingerprint density at radius 1 is 1.23 bits per heavy atom. The number of aryl methyl sites for hydroxylation is 2. The number of nitrogens with one attached hydrogen (secondary N) is 1. The van der Waals surface area contributed by atoms with E-state index >= 15 is 0 Å². The number of amides is 1. The highest BCUT2D eigenvalue weighted by atomic mass is 35.5. The molecule has 7 nitrogen and oxygen atoms in total. The zero-order valence-corrected chi connectivity index (χ0v) is 18.1. The lowest BCUT2D eigenvalue weighted by atomic mass is 9.81. The van der Waals surface area contributed by atoms with Crippen molar-refractivity contribution in [1.29, 1.82) is 0 Å². The van der Waals surface area contributed by atoms with Gasteiger partial charge in [0, 0.05) is 30.4 Å². The number of carbonyl (C=O) groups is 1. The van der Waals surface area contributed by atoms with Crippen molar-refractivity contribution in [3.8, 4) is 11.3 Å². The Morgan fingerprint density at radius 3 is 2.73 bits per heavy atom. The third-order valence-corrected chi connectivity index (χ3v) is 5.91. The number of oxazole rings is 1. The molecule has 4 rings (SSSR count). The average molecular weight is 449 g/mol. The van der Waals surface area contributed by atoms with Crippen LogP contribution in [0.3, 0.4) is 0 Å². The number of hydrogen-bond acceptors (Lipinski definition) is 6. The SMILES string of the molecule is Cc1nc(C2(NC(=O)CCc3ncc(-c4ccc(Cl)cc4Cl)o3)CCCCC2)no1. The van der Waals surface area contributed by atoms with E-state index in [1.165, 1.54) is 0 Å². The van der Waals surface area contributed by atoms with Gasteiger partial charge in [0.05, 0.1) is 11.2 Å². The summed E-state index contributed by atoms with van der Waals surface area (Å²) in [6.07, 6.45) is 6.99. The minimum Gasteiger partial charge on any atom is -0.441 e. The minimum absolute atomic E-state index is 0.0939. The monoisotopic (exact) mass is 448 g/mol. The molecule has 0 saturated heterocycles. The number of nitrogens with zero attached hydrogens (tertiary/aromatic N) is 3. The Hall–Kier alpha value is -2.38. The van der Waals surface area contributed by atoms with Gasteiger partial charge in [0.25, 0.3) is 0 Å². The summed E-state index contributed by atoms with van der Waals surface area (Å²) >= 11 is 12.2. The second kappa shape index (κ2) is 8.78. The fourth-order valence-corrected chi connectivity index (χ4v) is 4.34. The van der Waals surface area contributed by atoms with Crippen LogP contribution in [0.4, 0.5) is 0 Å². The molecule has 1 aromatic carbocycles. The number of halogens is 2. The molecule has 1 aliphatic carbocycles. The molecule has 158 valence electrons. The van der Waals surface area contributed by atoms with Gasteiger partial charge in [0.1, 0.15) is 5.54 Å². The van der Waals surface area contributed by atoms with E-state index in [0.717, 1.165) is 32.1 Å². The fourth-order valence-electron chi connectivity index (χ4n) is 3.84. The van der Waals surface area contributed by atoms with Gasteiger partial charge in [-0.1, -0.05) is 47.6 Å². The topological polar surface area (TPSA) is 94.1 Å². The molecular formula is C21H22Cl2N4O3. The average Bonchev–Trinajstić information content (AvgIpc) is 3.37. The first-order valence-electron chi connectivity index (χ1n) is 9.97. The fraction of sp³-hybridized carbons (Fsp3) is 0.429. The molecule has 9 heteroatoms. The maximum Gasteiger partial charge on any atom is 0.223 e. The predicted molar refractivity (Wildman–Crippen MR) is 112 cm³/mol. The van der Waals surface area contributed by atoms with Gasteiger partial charge >= 0.3 is 0 Å². The molecule has 0 aliphatic heterocycles. The predicted octanol–water partition coefficient (Wildman–Crippen LogP) is 5.25. The van der Waals surface area contributed by atoms with Crippen LogP contribution in [0.1, 0.15) is 56.1 Å². The maximum atomic E-state index is 12.7. The van der Waals surface area contributed by atoms with E-state index in [2.05, 4.69) is 20.4 Å². The number of rotatable bonds is 6. The molecule has 1 N–H and O–H groups in total. The first kappa shape index (κ1) is 20.9. The third kappa shape index (κ3) is 4.52. The highest BCUT2D eigenvalue weighted by molar-refractivity contribution is 6.36. The summed E-state index contributed by atoms with van der Waals surface area (Å²) in [6, 6.07) is 5.17. The Labute approximate surface area is 184 Å². The van der Waals surface area contributed by atoms with E-state index in [1.807, 2.05) is 0 Å². The van der Waals surface area contributed by atoms with Gasteiger partial charge in [-0.25, -0.2) is 4.98 Å². The van der Waals surface area contributed by atoms with E-state index in [9.17, 15) is 4.79 Å². The lowest BCUT2D eigenvalue weighted by Crippen LogP contribution is -2.48. The van der Waals surface area contributed by atoms with Crippen molar-refractivity contribution in [1.82, 2.24) is 20.4 Å². The molecular weight excluding hydrogens is 427 g/mol. The molecule has 0 radical (unpaired) electrons. The molecule has 3 aromatic rings. The van der Waals surface area contributed by atoms with Gasteiger partial charge in [0.2, 0.25) is 11.8 Å². The molecule has 1 amide bonds. The molecule has 30 heavy (non-hydrogen) atoms.